The summed E-state index contributed by atoms with van der Waals surface area (Å²) in [6, 6.07) is 0.997. The van der Waals surface area contributed by atoms with Crippen LogP contribution in [-0.4, -0.2) is 42.6 Å². The lowest BCUT2D eigenvalue weighted by Crippen LogP contribution is -2.39. The third-order valence-corrected chi connectivity index (χ3v) is 3.41. The molecule has 2 rings (SSSR count). The lowest BCUT2D eigenvalue weighted by Gasteiger charge is -2.19. The van der Waals surface area contributed by atoms with Gasteiger partial charge in [-0.05, 0) is 31.7 Å². The van der Waals surface area contributed by atoms with Crippen molar-refractivity contribution in [3.05, 3.63) is 0 Å². The lowest BCUT2D eigenvalue weighted by molar-refractivity contribution is 0.213. The highest BCUT2D eigenvalue weighted by molar-refractivity contribution is 5.76. The quantitative estimate of drug-likeness (QED) is 0.754. The Kier molecular flexibility index (Phi) is 3.69. The predicted molar refractivity (Wildman–Crippen MR) is 64.4 cm³/mol. The fourth-order valence-electron chi connectivity index (χ4n) is 2.70. The van der Waals surface area contributed by atoms with E-state index in [2.05, 4.69) is 24.5 Å². The maximum atomic E-state index is 11.7. The van der Waals surface area contributed by atoms with Crippen LogP contribution < -0.4 is 10.6 Å². The molecular formula is C12H23N3O. The van der Waals surface area contributed by atoms with Crippen molar-refractivity contribution in [1.82, 2.24) is 15.5 Å². The van der Waals surface area contributed by atoms with Crippen molar-refractivity contribution in [2.45, 2.75) is 45.2 Å². The highest BCUT2D eigenvalue weighted by atomic mass is 16.2. The Labute approximate surface area is 97.8 Å². The molecule has 2 unspecified atom stereocenters. The van der Waals surface area contributed by atoms with Crippen LogP contribution in [0.2, 0.25) is 0 Å². The fraction of sp³-hybridized carbons (Fsp3) is 0.917. The number of carbonyl (C=O) groups excluding carboxylic acids is 1. The number of nitrogens with zero attached hydrogens (tertiary/aromatic N) is 1. The molecule has 0 aromatic rings. The molecule has 2 N–H and O–H groups in total. The number of carbonyl (C=O) groups is 1. The molecule has 2 heterocycles. The van der Waals surface area contributed by atoms with E-state index in [-0.39, 0.29) is 6.03 Å². The van der Waals surface area contributed by atoms with Gasteiger partial charge in [-0.15, -0.1) is 0 Å². The SMILES string of the molecule is CC(C)CC1CN(CC2CCCN2)C(=O)N1. The van der Waals surface area contributed by atoms with E-state index >= 15 is 0 Å². The van der Waals surface area contributed by atoms with Gasteiger partial charge in [-0.1, -0.05) is 13.8 Å². The van der Waals surface area contributed by atoms with Gasteiger partial charge in [0, 0.05) is 25.2 Å². The summed E-state index contributed by atoms with van der Waals surface area (Å²) in [4.78, 5) is 13.7. The Balaban J connectivity index is 1.79. The first kappa shape index (κ1) is 11.7. The average Bonchev–Trinajstić information content (AvgIpc) is 2.77. The maximum absolute atomic E-state index is 11.7. The van der Waals surface area contributed by atoms with Crippen molar-refractivity contribution in [3.8, 4) is 0 Å². The molecule has 92 valence electrons. The minimum atomic E-state index is 0.124. The van der Waals surface area contributed by atoms with Crippen LogP contribution in [0.3, 0.4) is 0 Å². The van der Waals surface area contributed by atoms with Gasteiger partial charge in [0.25, 0.3) is 0 Å². The Morgan fingerprint density at radius 2 is 2.25 bits per heavy atom. The first-order chi connectivity index (χ1) is 7.65. The zero-order valence-corrected chi connectivity index (χ0v) is 10.3. The van der Waals surface area contributed by atoms with Crippen LogP contribution in [0, 0.1) is 5.92 Å². The van der Waals surface area contributed by atoms with Gasteiger partial charge in [-0.25, -0.2) is 4.79 Å². The monoisotopic (exact) mass is 225 g/mol. The number of hydrogen-bond acceptors (Lipinski definition) is 2. The molecule has 2 atom stereocenters. The molecule has 2 saturated heterocycles. The van der Waals surface area contributed by atoms with E-state index in [1.807, 2.05) is 4.90 Å². The van der Waals surface area contributed by atoms with E-state index < -0.39 is 0 Å². The fourth-order valence-corrected chi connectivity index (χ4v) is 2.70. The standard InChI is InChI=1S/C12H23N3O/c1-9(2)6-11-8-15(12(16)14-11)7-10-4-3-5-13-10/h9-11,13H,3-8H2,1-2H3,(H,14,16). The molecule has 0 aliphatic carbocycles. The molecule has 4 heteroatoms. The highest BCUT2D eigenvalue weighted by Crippen LogP contribution is 2.14. The largest absolute Gasteiger partial charge is 0.333 e. The van der Waals surface area contributed by atoms with E-state index in [1.54, 1.807) is 0 Å². The second-order valence-electron chi connectivity index (χ2n) is 5.47. The molecule has 16 heavy (non-hydrogen) atoms. The summed E-state index contributed by atoms with van der Waals surface area (Å²) >= 11 is 0. The number of amides is 2. The van der Waals surface area contributed by atoms with E-state index in [9.17, 15) is 4.79 Å². The summed E-state index contributed by atoms with van der Waals surface area (Å²) in [6.45, 7) is 7.27. The van der Waals surface area contributed by atoms with E-state index in [0.29, 0.717) is 18.0 Å². The summed E-state index contributed by atoms with van der Waals surface area (Å²) in [5, 5.41) is 6.51. The van der Waals surface area contributed by atoms with Crippen LogP contribution in [0.1, 0.15) is 33.1 Å². The zero-order valence-electron chi connectivity index (χ0n) is 10.3. The molecule has 0 radical (unpaired) electrons. The topological polar surface area (TPSA) is 44.4 Å². The first-order valence-corrected chi connectivity index (χ1v) is 6.44. The van der Waals surface area contributed by atoms with Gasteiger partial charge in [0.15, 0.2) is 0 Å². The van der Waals surface area contributed by atoms with Crippen molar-refractivity contribution in [1.29, 1.82) is 0 Å². The van der Waals surface area contributed by atoms with Gasteiger partial charge in [0.05, 0.1) is 0 Å². The van der Waals surface area contributed by atoms with Gasteiger partial charge < -0.3 is 15.5 Å². The lowest BCUT2D eigenvalue weighted by atomic mass is 10.0. The molecule has 0 bridgehead atoms. The molecule has 0 aromatic carbocycles. The Bertz CT molecular complexity index is 249. The minimum Gasteiger partial charge on any atom is -0.333 e. The number of rotatable bonds is 4. The first-order valence-electron chi connectivity index (χ1n) is 6.44. The molecule has 4 nitrogen and oxygen atoms in total. The smallest absolute Gasteiger partial charge is 0.317 e. The van der Waals surface area contributed by atoms with Gasteiger partial charge in [0.1, 0.15) is 0 Å². The molecule has 0 aromatic heterocycles. The second kappa shape index (κ2) is 5.04. The van der Waals surface area contributed by atoms with E-state index in [1.165, 1.54) is 12.8 Å². The van der Waals surface area contributed by atoms with Crippen molar-refractivity contribution >= 4 is 6.03 Å². The summed E-state index contributed by atoms with van der Waals surface area (Å²) in [7, 11) is 0. The Morgan fingerprint density at radius 1 is 1.44 bits per heavy atom. The average molecular weight is 225 g/mol. The van der Waals surface area contributed by atoms with Gasteiger partial charge in [-0.2, -0.15) is 0 Å². The summed E-state index contributed by atoms with van der Waals surface area (Å²) in [5.74, 6) is 0.648. The molecule has 2 fully saturated rings. The van der Waals surface area contributed by atoms with E-state index in [4.69, 9.17) is 0 Å². The Hall–Kier alpha value is -0.770. The predicted octanol–water partition coefficient (Wildman–Crippen LogP) is 1.18. The van der Waals surface area contributed by atoms with Crippen molar-refractivity contribution < 1.29 is 4.79 Å². The van der Waals surface area contributed by atoms with Crippen LogP contribution >= 0.6 is 0 Å². The third kappa shape index (κ3) is 2.88. The van der Waals surface area contributed by atoms with Crippen LogP contribution in [0.5, 0.6) is 0 Å². The minimum absolute atomic E-state index is 0.124. The second-order valence-corrected chi connectivity index (χ2v) is 5.47. The van der Waals surface area contributed by atoms with E-state index in [0.717, 1.165) is 26.1 Å². The normalized spacial score (nSPS) is 30.2. The van der Waals surface area contributed by atoms with Crippen LogP contribution in [0.15, 0.2) is 0 Å². The molecular weight excluding hydrogens is 202 g/mol. The van der Waals surface area contributed by atoms with Crippen molar-refractivity contribution in [2.24, 2.45) is 5.92 Å². The maximum Gasteiger partial charge on any atom is 0.317 e. The van der Waals surface area contributed by atoms with Crippen LogP contribution in [0.4, 0.5) is 4.79 Å². The van der Waals surface area contributed by atoms with Crippen molar-refractivity contribution in [2.75, 3.05) is 19.6 Å². The summed E-state index contributed by atoms with van der Waals surface area (Å²) in [6.07, 6.45) is 3.54. The zero-order chi connectivity index (χ0) is 11.5. The molecule has 2 aliphatic rings. The number of nitrogens with one attached hydrogen (secondary N) is 2. The molecule has 2 aliphatic heterocycles. The molecule has 0 spiro atoms. The number of urea groups is 1. The van der Waals surface area contributed by atoms with Gasteiger partial charge >= 0.3 is 6.03 Å². The molecule has 0 saturated carbocycles. The molecule has 2 amide bonds. The van der Waals surface area contributed by atoms with Gasteiger partial charge in [0.2, 0.25) is 0 Å². The van der Waals surface area contributed by atoms with Crippen LogP contribution in [-0.2, 0) is 0 Å². The highest BCUT2D eigenvalue weighted by Gasteiger charge is 2.30. The van der Waals surface area contributed by atoms with Gasteiger partial charge in [-0.3, -0.25) is 0 Å². The third-order valence-electron chi connectivity index (χ3n) is 3.41. The van der Waals surface area contributed by atoms with Crippen molar-refractivity contribution in [3.63, 3.8) is 0 Å². The summed E-state index contributed by atoms with van der Waals surface area (Å²) < 4.78 is 0. The van der Waals surface area contributed by atoms with Crippen LogP contribution in [0.25, 0.3) is 0 Å². The number of hydrogen-bond donors (Lipinski definition) is 2. The summed E-state index contributed by atoms with van der Waals surface area (Å²) in [5.41, 5.74) is 0. The Morgan fingerprint density at radius 3 is 2.88 bits per heavy atom.